The minimum Gasteiger partial charge on any atom is -0.369 e. The summed E-state index contributed by atoms with van der Waals surface area (Å²) in [6.45, 7) is 2.11. The van der Waals surface area contributed by atoms with Gasteiger partial charge < -0.3 is 10.6 Å². The molecule has 2 aromatic rings. The predicted octanol–water partition coefficient (Wildman–Crippen LogP) is 2.97. The molecule has 130 valence electrons. The maximum absolute atomic E-state index is 4.88. The zero-order chi connectivity index (χ0) is 16.4. The summed E-state index contributed by atoms with van der Waals surface area (Å²) in [7, 11) is 1.96. The van der Waals surface area contributed by atoms with Crippen molar-refractivity contribution >= 4 is 16.9 Å². The van der Waals surface area contributed by atoms with Crippen LogP contribution < -0.4 is 10.6 Å². The lowest BCUT2D eigenvalue weighted by atomic mass is 10.0. The summed E-state index contributed by atoms with van der Waals surface area (Å²) < 4.78 is 1.86. The molecule has 0 unspecified atom stereocenters. The summed E-state index contributed by atoms with van der Waals surface area (Å²) in [5.41, 5.74) is 0.949. The van der Waals surface area contributed by atoms with Crippen LogP contribution in [-0.2, 0) is 7.05 Å². The maximum Gasteiger partial charge on any atom is 0.163 e. The normalized spacial score (nSPS) is 22.3. The number of fused-ring (bicyclic) bond motifs is 1. The van der Waals surface area contributed by atoms with E-state index < -0.39 is 0 Å². The molecule has 0 aromatic carbocycles. The second-order valence-corrected chi connectivity index (χ2v) is 7.28. The van der Waals surface area contributed by atoms with Crippen molar-refractivity contribution in [3.63, 3.8) is 0 Å². The zero-order valence-corrected chi connectivity index (χ0v) is 14.6. The van der Waals surface area contributed by atoms with E-state index in [0.29, 0.717) is 12.0 Å². The molecule has 3 heterocycles. The molecule has 1 saturated carbocycles. The van der Waals surface area contributed by atoms with E-state index in [1.165, 1.54) is 44.9 Å². The van der Waals surface area contributed by atoms with Gasteiger partial charge >= 0.3 is 0 Å². The van der Waals surface area contributed by atoms with Gasteiger partial charge in [0.25, 0.3) is 0 Å². The third-order valence-electron chi connectivity index (χ3n) is 5.53. The SMILES string of the molecule is Cn1ncc2c(NCC[C@H]3CCCCN3)nc(C3CCCC3)nc21. The first-order valence-corrected chi connectivity index (χ1v) is 9.48. The van der Waals surface area contributed by atoms with Crippen molar-refractivity contribution in [3.05, 3.63) is 12.0 Å². The molecule has 2 aromatic heterocycles. The van der Waals surface area contributed by atoms with Gasteiger partial charge in [0.15, 0.2) is 5.65 Å². The number of hydrogen-bond acceptors (Lipinski definition) is 5. The molecule has 1 aliphatic carbocycles. The first-order chi connectivity index (χ1) is 11.8. The molecule has 6 heteroatoms. The van der Waals surface area contributed by atoms with E-state index in [9.17, 15) is 0 Å². The lowest BCUT2D eigenvalue weighted by Crippen LogP contribution is -2.35. The fourth-order valence-electron chi connectivity index (χ4n) is 4.08. The molecule has 2 fully saturated rings. The summed E-state index contributed by atoms with van der Waals surface area (Å²) in [6, 6.07) is 0.645. The van der Waals surface area contributed by atoms with Crippen LogP contribution in [0.4, 0.5) is 5.82 Å². The van der Waals surface area contributed by atoms with Gasteiger partial charge in [0.1, 0.15) is 11.6 Å². The van der Waals surface area contributed by atoms with Crippen molar-refractivity contribution in [1.82, 2.24) is 25.1 Å². The lowest BCUT2D eigenvalue weighted by molar-refractivity contribution is 0.389. The van der Waals surface area contributed by atoms with Gasteiger partial charge in [0, 0.05) is 25.6 Å². The van der Waals surface area contributed by atoms with Crippen molar-refractivity contribution in [3.8, 4) is 0 Å². The van der Waals surface area contributed by atoms with Gasteiger partial charge in [-0.2, -0.15) is 5.10 Å². The van der Waals surface area contributed by atoms with Gasteiger partial charge in [0.2, 0.25) is 0 Å². The number of nitrogens with zero attached hydrogens (tertiary/aromatic N) is 4. The third-order valence-corrected chi connectivity index (χ3v) is 5.53. The van der Waals surface area contributed by atoms with Gasteiger partial charge in [-0.3, -0.25) is 4.68 Å². The summed E-state index contributed by atoms with van der Waals surface area (Å²) in [4.78, 5) is 9.70. The Balaban J connectivity index is 1.51. The fourth-order valence-corrected chi connectivity index (χ4v) is 4.08. The number of nitrogens with one attached hydrogen (secondary N) is 2. The number of aromatic nitrogens is 4. The molecule has 4 rings (SSSR count). The van der Waals surface area contributed by atoms with Crippen LogP contribution in [0.1, 0.15) is 63.1 Å². The van der Waals surface area contributed by atoms with Crippen LogP contribution in [0.3, 0.4) is 0 Å². The molecule has 24 heavy (non-hydrogen) atoms. The smallest absolute Gasteiger partial charge is 0.163 e. The van der Waals surface area contributed by atoms with E-state index in [2.05, 4.69) is 15.7 Å². The van der Waals surface area contributed by atoms with Crippen LogP contribution in [0, 0.1) is 0 Å². The Hall–Kier alpha value is -1.69. The summed E-state index contributed by atoms with van der Waals surface area (Å²) >= 11 is 0. The van der Waals surface area contributed by atoms with Crippen molar-refractivity contribution in [2.45, 2.75) is 63.3 Å². The standard InChI is InChI=1S/C18H28N6/c1-24-18-15(12-21-24)17(20-11-9-14-8-4-5-10-19-14)22-16(23-18)13-6-2-3-7-13/h12-14,19H,2-11H2,1H3,(H,20,22,23)/t14-/m1/s1. The molecule has 2 N–H and O–H groups in total. The highest BCUT2D eigenvalue weighted by atomic mass is 15.3. The molecule has 0 spiro atoms. The maximum atomic E-state index is 4.88. The second-order valence-electron chi connectivity index (χ2n) is 7.28. The Kier molecular flexibility index (Phi) is 4.65. The van der Waals surface area contributed by atoms with E-state index >= 15 is 0 Å². The summed E-state index contributed by atoms with van der Waals surface area (Å²) in [5, 5.41) is 12.6. The van der Waals surface area contributed by atoms with Crippen molar-refractivity contribution in [2.75, 3.05) is 18.4 Å². The predicted molar refractivity (Wildman–Crippen MR) is 96.3 cm³/mol. The molecule has 1 aliphatic heterocycles. The average molecular weight is 328 g/mol. The van der Waals surface area contributed by atoms with Gasteiger partial charge in [-0.15, -0.1) is 0 Å². The van der Waals surface area contributed by atoms with E-state index in [4.69, 9.17) is 9.97 Å². The minimum absolute atomic E-state index is 0.518. The molecule has 1 saturated heterocycles. The fraction of sp³-hybridized carbons (Fsp3) is 0.722. The number of piperidine rings is 1. The van der Waals surface area contributed by atoms with Crippen LogP contribution >= 0.6 is 0 Å². The number of aryl methyl sites for hydroxylation is 1. The minimum atomic E-state index is 0.518. The quantitative estimate of drug-likeness (QED) is 0.883. The second kappa shape index (κ2) is 7.05. The monoisotopic (exact) mass is 328 g/mol. The van der Waals surface area contributed by atoms with Crippen LogP contribution in [0.2, 0.25) is 0 Å². The van der Waals surface area contributed by atoms with Crippen molar-refractivity contribution in [1.29, 1.82) is 0 Å². The Bertz CT molecular complexity index is 682. The summed E-state index contributed by atoms with van der Waals surface area (Å²) in [5.74, 6) is 2.48. The molecule has 6 nitrogen and oxygen atoms in total. The van der Waals surface area contributed by atoms with Gasteiger partial charge in [-0.25, -0.2) is 9.97 Å². The average Bonchev–Trinajstić information content (AvgIpc) is 3.26. The highest BCUT2D eigenvalue weighted by Gasteiger charge is 2.22. The highest BCUT2D eigenvalue weighted by molar-refractivity contribution is 5.86. The van der Waals surface area contributed by atoms with Gasteiger partial charge in [-0.05, 0) is 38.6 Å². The van der Waals surface area contributed by atoms with Crippen molar-refractivity contribution < 1.29 is 0 Å². The lowest BCUT2D eigenvalue weighted by Gasteiger charge is -2.23. The number of anilines is 1. The van der Waals surface area contributed by atoms with Crippen molar-refractivity contribution in [2.24, 2.45) is 7.05 Å². The molecule has 0 bridgehead atoms. The van der Waals surface area contributed by atoms with E-state index in [-0.39, 0.29) is 0 Å². The van der Waals surface area contributed by atoms with E-state index in [1.807, 2.05) is 17.9 Å². The topological polar surface area (TPSA) is 67.7 Å². The third kappa shape index (κ3) is 3.24. The van der Waals surface area contributed by atoms with Crippen LogP contribution in [0.25, 0.3) is 11.0 Å². The number of hydrogen-bond donors (Lipinski definition) is 2. The Labute approximate surface area is 143 Å². The Morgan fingerprint density at radius 3 is 2.79 bits per heavy atom. The van der Waals surface area contributed by atoms with Crippen LogP contribution in [-0.4, -0.2) is 38.9 Å². The van der Waals surface area contributed by atoms with Crippen LogP contribution in [0.15, 0.2) is 6.20 Å². The zero-order valence-electron chi connectivity index (χ0n) is 14.6. The summed E-state index contributed by atoms with van der Waals surface area (Å²) in [6.07, 6.45) is 12.0. The highest BCUT2D eigenvalue weighted by Crippen LogP contribution is 2.34. The largest absolute Gasteiger partial charge is 0.369 e. The first-order valence-electron chi connectivity index (χ1n) is 9.48. The molecule has 0 radical (unpaired) electrons. The molecule has 1 atom stereocenters. The van der Waals surface area contributed by atoms with Gasteiger partial charge in [-0.1, -0.05) is 19.3 Å². The molecular formula is C18H28N6. The molecule has 0 amide bonds. The Morgan fingerprint density at radius 2 is 2.00 bits per heavy atom. The first kappa shape index (κ1) is 15.8. The Morgan fingerprint density at radius 1 is 1.17 bits per heavy atom. The van der Waals surface area contributed by atoms with E-state index in [1.54, 1.807) is 0 Å². The van der Waals surface area contributed by atoms with Crippen LogP contribution in [0.5, 0.6) is 0 Å². The molecular weight excluding hydrogens is 300 g/mol. The van der Waals surface area contributed by atoms with Gasteiger partial charge in [0.05, 0.1) is 11.6 Å². The molecule has 2 aliphatic rings. The number of rotatable bonds is 5. The van der Waals surface area contributed by atoms with E-state index in [0.717, 1.165) is 42.2 Å².